The van der Waals surface area contributed by atoms with Crippen molar-refractivity contribution in [2.24, 2.45) is 4.99 Å². The minimum atomic E-state index is 0.893. The molecule has 0 unspecified atom stereocenters. The number of thiazole rings is 1. The lowest BCUT2D eigenvalue weighted by atomic mass is 10.3. The molecule has 1 aliphatic heterocycles. The number of piperazine rings is 1. The maximum atomic E-state index is 4.72. The number of aromatic nitrogens is 3. The van der Waals surface area contributed by atoms with E-state index in [0.717, 1.165) is 74.4 Å². The third-order valence-electron chi connectivity index (χ3n) is 5.02. The van der Waals surface area contributed by atoms with Crippen molar-refractivity contribution in [2.45, 2.75) is 26.2 Å². The van der Waals surface area contributed by atoms with Gasteiger partial charge in [-0.25, -0.2) is 9.97 Å². The van der Waals surface area contributed by atoms with Gasteiger partial charge in [-0.3, -0.25) is 4.99 Å². The third kappa shape index (κ3) is 4.84. The molecular weight excluding hydrogens is 402 g/mol. The Morgan fingerprint density at radius 1 is 1.17 bits per heavy atom. The molecule has 0 radical (unpaired) electrons. The van der Waals surface area contributed by atoms with Crippen LogP contribution >= 0.6 is 22.9 Å². The number of para-hydroxylation sites is 1. The number of nitrogens with zero attached hydrogens (tertiary/aromatic N) is 6. The van der Waals surface area contributed by atoms with Crippen molar-refractivity contribution in [3.05, 3.63) is 35.1 Å². The molecule has 0 atom stereocenters. The van der Waals surface area contributed by atoms with Crippen LogP contribution in [0.5, 0.6) is 0 Å². The topological polar surface area (TPSA) is 69.5 Å². The number of nitrogens with one attached hydrogen (secondary N) is 1. The number of aryl methyl sites for hydroxylation is 2. The van der Waals surface area contributed by atoms with Crippen LogP contribution in [0.25, 0.3) is 10.2 Å². The van der Waals surface area contributed by atoms with E-state index in [9.17, 15) is 0 Å². The highest BCUT2D eigenvalue weighted by molar-refractivity contribution is 7.18. The van der Waals surface area contributed by atoms with E-state index in [0.29, 0.717) is 0 Å². The molecule has 0 amide bonds. The van der Waals surface area contributed by atoms with Gasteiger partial charge in [0.1, 0.15) is 5.82 Å². The van der Waals surface area contributed by atoms with Crippen LogP contribution in [0.1, 0.15) is 24.2 Å². The highest BCUT2D eigenvalue weighted by Crippen LogP contribution is 2.22. The van der Waals surface area contributed by atoms with Crippen molar-refractivity contribution in [3.8, 4) is 0 Å². The van der Waals surface area contributed by atoms with Crippen LogP contribution in [0.2, 0.25) is 0 Å². The standard InChI is InChI=1S/C20H27N7S2/c1-3-17-24-20(29-25-17)27-13-11-26(12-14-27)19(21-2)22-10-6-9-18-23-15-7-4-5-8-16(15)28-18/h4-5,7-8H,3,6,9-14H2,1-2H3,(H,21,22). The number of anilines is 1. The zero-order valence-electron chi connectivity index (χ0n) is 17.0. The van der Waals surface area contributed by atoms with E-state index in [4.69, 9.17) is 4.98 Å². The lowest BCUT2D eigenvalue weighted by Crippen LogP contribution is -2.52. The summed E-state index contributed by atoms with van der Waals surface area (Å²) < 4.78 is 5.67. The van der Waals surface area contributed by atoms with Gasteiger partial charge in [-0.1, -0.05) is 19.1 Å². The van der Waals surface area contributed by atoms with Gasteiger partial charge in [-0.05, 0) is 18.6 Å². The number of benzene rings is 1. The summed E-state index contributed by atoms with van der Waals surface area (Å²) in [5.74, 6) is 1.93. The minimum absolute atomic E-state index is 0.893. The van der Waals surface area contributed by atoms with Crippen molar-refractivity contribution in [1.82, 2.24) is 24.6 Å². The quantitative estimate of drug-likeness (QED) is 0.369. The normalized spacial score (nSPS) is 15.3. The second-order valence-electron chi connectivity index (χ2n) is 6.97. The van der Waals surface area contributed by atoms with Crippen molar-refractivity contribution in [1.29, 1.82) is 0 Å². The second-order valence-corrected chi connectivity index (χ2v) is 8.82. The van der Waals surface area contributed by atoms with Gasteiger partial charge >= 0.3 is 0 Å². The van der Waals surface area contributed by atoms with Crippen LogP contribution in [0, 0.1) is 0 Å². The van der Waals surface area contributed by atoms with E-state index in [1.807, 2.05) is 13.1 Å². The first-order valence-corrected chi connectivity index (χ1v) is 11.7. The lowest BCUT2D eigenvalue weighted by Gasteiger charge is -2.36. The van der Waals surface area contributed by atoms with Crippen molar-refractivity contribution >= 4 is 44.2 Å². The van der Waals surface area contributed by atoms with Crippen LogP contribution in [0.3, 0.4) is 0 Å². The smallest absolute Gasteiger partial charge is 0.205 e. The Labute approximate surface area is 179 Å². The number of rotatable bonds is 6. The number of aliphatic imine (C=N–C) groups is 1. The van der Waals surface area contributed by atoms with Gasteiger partial charge in [0.25, 0.3) is 0 Å². The molecule has 3 aromatic rings. The minimum Gasteiger partial charge on any atom is -0.356 e. The van der Waals surface area contributed by atoms with E-state index in [-0.39, 0.29) is 0 Å². The van der Waals surface area contributed by atoms with Crippen LogP contribution in [-0.2, 0) is 12.8 Å². The molecule has 0 saturated carbocycles. The SMILES string of the molecule is CCc1nsc(N2CCN(C(=NC)NCCCc3nc4ccccc4s3)CC2)n1. The Kier molecular flexibility index (Phi) is 6.56. The second kappa shape index (κ2) is 9.49. The zero-order valence-corrected chi connectivity index (χ0v) is 18.6. The molecule has 1 N–H and O–H groups in total. The molecule has 0 aliphatic carbocycles. The molecule has 1 fully saturated rings. The first-order chi connectivity index (χ1) is 14.3. The fourth-order valence-corrected chi connectivity index (χ4v) is 5.24. The largest absolute Gasteiger partial charge is 0.356 e. The molecule has 1 aromatic carbocycles. The van der Waals surface area contributed by atoms with E-state index in [2.05, 4.69) is 54.6 Å². The summed E-state index contributed by atoms with van der Waals surface area (Å²) >= 11 is 3.30. The third-order valence-corrected chi connectivity index (χ3v) is 6.93. The molecule has 0 bridgehead atoms. The van der Waals surface area contributed by atoms with E-state index in [1.165, 1.54) is 21.2 Å². The fourth-order valence-electron chi connectivity index (χ4n) is 3.43. The number of fused-ring (bicyclic) bond motifs is 1. The van der Waals surface area contributed by atoms with Crippen LogP contribution in [-0.4, -0.2) is 65.0 Å². The van der Waals surface area contributed by atoms with Gasteiger partial charge in [-0.15, -0.1) is 11.3 Å². The zero-order chi connectivity index (χ0) is 20.1. The first-order valence-electron chi connectivity index (χ1n) is 10.1. The molecule has 9 heteroatoms. The summed E-state index contributed by atoms with van der Waals surface area (Å²) in [6, 6.07) is 8.34. The highest BCUT2D eigenvalue weighted by atomic mass is 32.1. The fraction of sp³-hybridized carbons (Fsp3) is 0.500. The number of hydrogen-bond acceptors (Lipinski definition) is 7. The molecule has 1 saturated heterocycles. The van der Waals surface area contributed by atoms with Gasteiger partial charge in [0, 0.05) is 64.1 Å². The van der Waals surface area contributed by atoms with E-state index in [1.54, 1.807) is 11.3 Å². The predicted molar refractivity (Wildman–Crippen MR) is 122 cm³/mol. The Morgan fingerprint density at radius 2 is 2.00 bits per heavy atom. The lowest BCUT2D eigenvalue weighted by molar-refractivity contribution is 0.372. The molecule has 2 aromatic heterocycles. The predicted octanol–water partition coefficient (Wildman–Crippen LogP) is 3.04. The average Bonchev–Trinajstić information content (AvgIpc) is 3.41. The molecule has 29 heavy (non-hydrogen) atoms. The van der Waals surface area contributed by atoms with Gasteiger partial charge in [-0.2, -0.15) is 4.37 Å². The molecule has 3 heterocycles. The van der Waals surface area contributed by atoms with Gasteiger partial charge in [0.05, 0.1) is 15.2 Å². The molecule has 4 rings (SSSR count). The van der Waals surface area contributed by atoms with Crippen molar-refractivity contribution < 1.29 is 0 Å². The van der Waals surface area contributed by atoms with Gasteiger partial charge in [0.15, 0.2) is 5.96 Å². The van der Waals surface area contributed by atoms with Crippen molar-refractivity contribution in [2.75, 3.05) is 44.7 Å². The summed E-state index contributed by atoms with van der Waals surface area (Å²) in [6.45, 7) is 6.78. The molecular formula is C20H27N7S2. The van der Waals surface area contributed by atoms with Crippen LogP contribution in [0.4, 0.5) is 5.13 Å². The molecule has 1 aliphatic rings. The Bertz CT molecular complexity index is 924. The molecule has 154 valence electrons. The Morgan fingerprint density at radius 3 is 2.72 bits per heavy atom. The van der Waals surface area contributed by atoms with E-state index >= 15 is 0 Å². The summed E-state index contributed by atoms with van der Waals surface area (Å²) in [6.07, 6.45) is 2.93. The van der Waals surface area contributed by atoms with Gasteiger partial charge < -0.3 is 15.1 Å². The summed E-state index contributed by atoms with van der Waals surface area (Å²) in [7, 11) is 1.86. The first kappa shape index (κ1) is 20.0. The van der Waals surface area contributed by atoms with E-state index < -0.39 is 0 Å². The number of hydrogen-bond donors (Lipinski definition) is 1. The number of guanidine groups is 1. The summed E-state index contributed by atoms with van der Waals surface area (Å²) in [5, 5.41) is 5.77. The van der Waals surface area contributed by atoms with Gasteiger partial charge in [0.2, 0.25) is 5.13 Å². The van der Waals surface area contributed by atoms with Crippen LogP contribution in [0.15, 0.2) is 29.3 Å². The maximum Gasteiger partial charge on any atom is 0.205 e. The molecule has 7 nitrogen and oxygen atoms in total. The summed E-state index contributed by atoms with van der Waals surface area (Å²) in [4.78, 5) is 18.5. The monoisotopic (exact) mass is 429 g/mol. The van der Waals surface area contributed by atoms with Crippen molar-refractivity contribution in [3.63, 3.8) is 0 Å². The molecule has 0 spiro atoms. The average molecular weight is 430 g/mol. The maximum absolute atomic E-state index is 4.72. The Balaban J connectivity index is 1.22. The highest BCUT2D eigenvalue weighted by Gasteiger charge is 2.21. The Hall–Kier alpha value is -2.26. The van der Waals surface area contributed by atoms with Crippen LogP contribution < -0.4 is 10.2 Å². The summed E-state index contributed by atoms with van der Waals surface area (Å²) in [5.41, 5.74) is 1.11.